The number of rotatable bonds is 8. The quantitative estimate of drug-likeness (QED) is 0.557. The smallest absolute Gasteiger partial charge is 0.169 e. The van der Waals surface area contributed by atoms with E-state index in [-0.39, 0.29) is 0 Å². The summed E-state index contributed by atoms with van der Waals surface area (Å²) in [7, 11) is 0. The number of para-hydroxylation sites is 2. The molecule has 0 spiro atoms. The maximum absolute atomic E-state index is 4.86. The van der Waals surface area contributed by atoms with E-state index < -0.39 is 0 Å². The second-order valence-electron chi connectivity index (χ2n) is 5.84. The van der Waals surface area contributed by atoms with E-state index in [1.165, 1.54) is 11.1 Å². The van der Waals surface area contributed by atoms with Crippen LogP contribution in [-0.4, -0.2) is 34.1 Å². The molecule has 24 heavy (non-hydrogen) atoms. The predicted molar refractivity (Wildman–Crippen MR) is 104 cm³/mol. The highest BCUT2D eigenvalue weighted by atomic mass is 32.2. The lowest BCUT2D eigenvalue weighted by Crippen LogP contribution is -2.27. The van der Waals surface area contributed by atoms with Gasteiger partial charge < -0.3 is 9.47 Å². The van der Waals surface area contributed by atoms with Gasteiger partial charge in [-0.05, 0) is 30.8 Å². The number of fused-ring (bicyclic) bond motifs is 1. The van der Waals surface area contributed by atoms with Crippen molar-refractivity contribution in [3.05, 3.63) is 60.2 Å². The van der Waals surface area contributed by atoms with Crippen molar-refractivity contribution in [3.63, 3.8) is 0 Å². The molecule has 0 aliphatic carbocycles. The fraction of sp³-hybridized carbons (Fsp3) is 0.350. The zero-order chi connectivity index (χ0) is 16.8. The third kappa shape index (κ3) is 4.00. The normalized spacial score (nSPS) is 11.5. The molecule has 3 rings (SSSR count). The van der Waals surface area contributed by atoms with Gasteiger partial charge in [-0.1, -0.05) is 68.1 Å². The fourth-order valence-electron chi connectivity index (χ4n) is 2.88. The minimum absolute atomic E-state index is 0.954. The average molecular weight is 340 g/mol. The summed E-state index contributed by atoms with van der Waals surface area (Å²) in [5, 5.41) is 1.12. The predicted octanol–water partition coefficient (Wildman–Crippen LogP) is 4.67. The first-order valence-corrected chi connectivity index (χ1v) is 9.64. The molecular weight excluding hydrogens is 314 g/mol. The first-order chi connectivity index (χ1) is 11.8. The summed E-state index contributed by atoms with van der Waals surface area (Å²) in [6.07, 6.45) is 0. The van der Waals surface area contributed by atoms with Crippen LogP contribution in [0.25, 0.3) is 11.0 Å². The number of nitrogens with zero attached hydrogens (tertiary/aromatic N) is 3. The zero-order valence-electron chi connectivity index (χ0n) is 14.5. The second kappa shape index (κ2) is 8.36. The molecule has 3 aromatic rings. The van der Waals surface area contributed by atoms with Gasteiger partial charge in [0.05, 0.1) is 11.0 Å². The Hall–Kier alpha value is -1.78. The molecule has 0 aliphatic rings. The van der Waals surface area contributed by atoms with E-state index in [0.717, 1.165) is 42.6 Å². The number of benzene rings is 2. The van der Waals surface area contributed by atoms with Gasteiger partial charge in [0, 0.05) is 18.8 Å². The van der Waals surface area contributed by atoms with Crippen LogP contribution in [0.2, 0.25) is 0 Å². The molecule has 0 amide bonds. The van der Waals surface area contributed by atoms with Crippen molar-refractivity contribution in [1.29, 1.82) is 0 Å². The number of likely N-dealkylation sites (N-methyl/N-ethyl adjacent to an activating group) is 1. The highest BCUT2D eigenvalue weighted by Crippen LogP contribution is 2.26. The minimum Gasteiger partial charge on any atom is -0.318 e. The van der Waals surface area contributed by atoms with Crippen molar-refractivity contribution in [1.82, 2.24) is 14.5 Å². The average Bonchev–Trinajstić information content (AvgIpc) is 2.99. The zero-order valence-corrected chi connectivity index (χ0v) is 15.3. The molecule has 3 nitrogen and oxygen atoms in total. The van der Waals surface area contributed by atoms with Gasteiger partial charge in [-0.2, -0.15) is 0 Å². The standard InChI is InChI=1S/C20H25N3S/c1-3-22(4-2)14-15-23-19-13-9-8-12-18(19)21-20(23)24-16-17-10-6-5-7-11-17/h5-13H,3-4,14-16H2,1-2H3. The van der Waals surface area contributed by atoms with Gasteiger partial charge in [-0.15, -0.1) is 0 Å². The lowest BCUT2D eigenvalue weighted by atomic mass is 10.2. The lowest BCUT2D eigenvalue weighted by Gasteiger charge is -2.19. The summed E-state index contributed by atoms with van der Waals surface area (Å²) in [4.78, 5) is 7.32. The van der Waals surface area contributed by atoms with Crippen molar-refractivity contribution in [2.75, 3.05) is 19.6 Å². The van der Waals surface area contributed by atoms with Gasteiger partial charge in [0.25, 0.3) is 0 Å². The van der Waals surface area contributed by atoms with Crippen molar-refractivity contribution < 1.29 is 0 Å². The third-order valence-electron chi connectivity index (χ3n) is 4.36. The molecule has 126 valence electrons. The van der Waals surface area contributed by atoms with E-state index >= 15 is 0 Å². The van der Waals surface area contributed by atoms with Gasteiger partial charge in [-0.25, -0.2) is 4.98 Å². The van der Waals surface area contributed by atoms with Crippen LogP contribution in [0, 0.1) is 0 Å². The second-order valence-corrected chi connectivity index (χ2v) is 6.78. The number of hydrogen-bond donors (Lipinski definition) is 0. The maximum atomic E-state index is 4.86. The van der Waals surface area contributed by atoms with Crippen LogP contribution >= 0.6 is 11.8 Å². The van der Waals surface area contributed by atoms with Crippen molar-refractivity contribution >= 4 is 22.8 Å². The van der Waals surface area contributed by atoms with Crippen LogP contribution in [-0.2, 0) is 12.3 Å². The molecule has 0 N–H and O–H groups in total. The Morgan fingerprint density at radius 1 is 0.958 bits per heavy atom. The molecule has 0 bridgehead atoms. The van der Waals surface area contributed by atoms with E-state index in [2.05, 4.69) is 77.9 Å². The van der Waals surface area contributed by atoms with Gasteiger partial charge in [-0.3, -0.25) is 0 Å². The molecule has 1 aromatic heterocycles. The summed E-state index contributed by atoms with van der Waals surface area (Å²) in [6.45, 7) is 8.68. The number of thioether (sulfide) groups is 1. The van der Waals surface area contributed by atoms with E-state index in [0.29, 0.717) is 0 Å². The first-order valence-electron chi connectivity index (χ1n) is 8.66. The highest BCUT2D eigenvalue weighted by molar-refractivity contribution is 7.98. The summed E-state index contributed by atoms with van der Waals surface area (Å²) in [5.74, 6) is 0.954. The molecule has 0 saturated carbocycles. The Bertz CT molecular complexity index is 763. The summed E-state index contributed by atoms with van der Waals surface area (Å²) >= 11 is 1.83. The van der Waals surface area contributed by atoms with Gasteiger partial charge in [0.1, 0.15) is 0 Å². The van der Waals surface area contributed by atoms with Crippen LogP contribution in [0.5, 0.6) is 0 Å². The Kier molecular flexibility index (Phi) is 5.94. The minimum atomic E-state index is 0.954. The molecule has 0 radical (unpaired) electrons. The topological polar surface area (TPSA) is 21.1 Å². The van der Waals surface area contributed by atoms with Crippen LogP contribution in [0.3, 0.4) is 0 Å². The Labute approximate surface area is 148 Å². The van der Waals surface area contributed by atoms with Crippen molar-refractivity contribution in [2.45, 2.75) is 31.3 Å². The SMILES string of the molecule is CCN(CC)CCn1c(SCc2ccccc2)nc2ccccc21. The molecular formula is C20H25N3S. The molecule has 0 atom stereocenters. The van der Waals surface area contributed by atoms with Crippen LogP contribution in [0.1, 0.15) is 19.4 Å². The van der Waals surface area contributed by atoms with Gasteiger partial charge in [0.2, 0.25) is 0 Å². The number of imidazole rings is 1. The Balaban J connectivity index is 1.81. The third-order valence-corrected chi connectivity index (χ3v) is 5.41. The monoisotopic (exact) mass is 339 g/mol. The van der Waals surface area contributed by atoms with E-state index in [1.54, 1.807) is 0 Å². The van der Waals surface area contributed by atoms with Crippen molar-refractivity contribution in [3.8, 4) is 0 Å². The van der Waals surface area contributed by atoms with Crippen LogP contribution in [0.4, 0.5) is 0 Å². The Morgan fingerprint density at radius 2 is 1.67 bits per heavy atom. The van der Waals surface area contributed by atoms with E-state index in [9.17, 15) is 0 Å². The molecule has 0 saturated heterocycles. The highest BCUT2D eigenvalue weighted by Gasteiger charge is 2.12. The fourth-order valence-corrected chi connectivity index (χ4v) is 3.88. The van der Waals surface area contributed by atoms with Crippen LogP contribution in [0.15, 0.2) is 59.8 Å². The number of aromatic nitrogens is 2. The summed E-state index contributed by atoms with van der Waals surface area (Å²) in [6, 6.07) is 19.1. The molecule has 2 aromatic carbocycles. The Morgan fingerprint density at radius 3 is 2.42 bits per heavy atom. The van der Waals surface area contributed by atoms with Crippen LogP contribution < -0.4 is 0 Å². The summed E-state index contributed by atoms with van der Waals surface area (Å²) in [5.41, 5.74) is 3.66. The van der Waals surface area contributed by atoms with E-state index in [4.69, 9.17) is 4.98 Å². The molecule has 0 unspecified atom stereocenters. The first kappa shape index (κ1) is 17.1. The molecule has 0 fully saturated rings. The maximum Gasteiger partial charge on any atom is 0.169 e. The lowest BCUT2D eigenvalue weighted by molar-refractivity contribution is 0.288. The van der Waals surface area contributed by atoms with Crippen molar-refractivity contribution in [2.24, 2.45) is 0 Å². The van der Waals surface area contributed by atoms with E-state index in [1.807, 2.05) is 11.8 Å². The molecule has 1 heterocycles. The number of hydrogen-bond acceptors (Lipinski definition) is 3. The summed E-state index contributed by atoms with van der Waals surface area (Å²) < 4.78 is 2.38. The van der Waals surface area contributed by atoms with Gasteiger partial charge >= 0.3 is 0 Å². The molecule has 0 aliphatic heterocycles. The van der Waals surface area contributed by atoms with Gasteiger partial charge in [0.15, 0.2) is 5.16 Å². The largest absolute Gasteiger partial charge is 0.318 e. The molecule has 4 heteroatoms.